The van der Waals surface area contributed by atoms with Crippen molar-refractivity contribution < 1.29 is 0 Å². The van der Waals surface area contributed by atoms with E-state index in [0.29, 0.717) is 17.7 Å². The highest BCUT2D eigenvalue weighted by atomic mass is 32.1. The van der Waals surface area contributed by atoms with Gasteiger partial charge in [0.05, 0.1) is 12.9 Å². The summed E-state index contributed by atoms with van der Waals surface area (Å²) < 4.78 is 1.81. The zero-order valence-corrected chi connectivity index (χ0v) is 9.57. The maximum absolute atomic E-state index is 11.6. The van der Waals surface area contributed by atoms with Gasteiger partial charge >= 0.3 is 0 Å². The van der Waals surface area contributed by atoms with Crippen molar-refractivity contribution in [3.8, 4) is 0 Å². The van der Waals surface area contributed by atoms with Gasteiger partial charge in [-0.3, -0.25) is 9.78 Å². The first-order valence-electron chi connectivity index (χ1n) is 4.97. The Kier molecular flexibility index (Phi) is 2.19. The van der Waals surface area contributed by atoms with Crippen LogP contribution in [0.1, 0.15) is 4.88 Å². The first-order valence-corrected chi connectivity index (χ1v) is 5.85. The van der Waals surface area contributed by atoms with Crippen LogP contribution in [0.5, 0.6) is 0 Å². The highest BCUT2D eigenvalue weighted by molar-refractivity contribution is 7.09. The van der Waals surface area contributed by atoms with Gasteiger partial charge in [-0.25, -0.2) is 4.98 Å². The molecule has 0 amide bonds. The monoisotopic (exact) mass is 247 g/mol. The number of rotatable bonds is 2. The highest BCUT2D eigenvalue weighted by Gasteiger charge is 2.09. The fraction of sp³-hybridized carbons (Fsp3) is 0.100. The molecule has 6 nitrogen and oxygen atoms in total. The van der Waals surface area contributed by atoms with Gasteiger partial charge in [0.1, 0.15) is 0 Å². The summed E-state index contributed by atoms with van der Waals surface area (Å²) >= 11 is 1.64. The van der Waals surface area contributed by atoms with Crippen molar-refractivity contribution >= 4 is 28.4 Å². The Balaban J connectivity index is 2.15. The summed E-state index contributed by atoms with van der Waals surface area (Å²) in [5, 5.41) is 2.00. The predicted molar refractivity (Wildman–Crippen MR) is 66.0 cm³/mol. The first-order chi connectivity index (χ1) is 8.24. The average Bonchev–Trinajstić information content (AvgIpc) is 2.89. The van der Waals surface area contributed by atoms with Gasteiger partial charge in [-0.1, -0.05) is 6.07 Å². The molecule has 0 saturated carbocycles. The van der Waals surface area contributed by atoms with Crippen molar-refractivity contribution in [1.29, 1.82) is 0 Å². The van der Waals surface area contributed by atoms with Crippen LogP contribution in [0.3, 0.4) is 0 Å². The summed E-state index contributed by atoms with van der Waals surface area (Å²) in [7, 11) is 0. The Bertz CT molecular complexity index is 712. The lowest BCUT2D eigenvalue weighted by Crippen LogP contribution is -2.12. The van der Waals surface area contributed by atoms with Gasteiger partial charge in [-0.2, -0.15) is 4.98 Å². The van der Waals surface area contributed by atoms with Gasteiger partial charge in [0.15, 0.2) is 11.2 Å². The lowest BCUT2D eigenvalue weighted by Gasteiger charge is -2.01. The third-order valence-corrected chi connectivity index (χ3v) is 3.26. The molecule has 0 bridgehead atoms. The fourth-order valence-corrected chi connectivity index (χ4v) is 2.36. The van der Waals surface area contributed by atoms with Crippen LogP contribution in [0.4, 0.5) is 5.95 Å². The first kappa shape index (κ1) is 10.0. The van der Waals surface area contributed by atoms with Crippen molar-refractivity contribution in [1.82, 2.24) is 19.5 Å². The summed E-state index contributed by atoms with van der Waals surface area (Å²) in [6.07, 6.45) is 1.60. The zero-order valence-electron chi connectivity index (χ0n) is 8.75. The summed E-state index contributed by atoms with van der Waals surface area (Å²) in [6, 6.07) is 4.00. The van der Waals surface area contributed by atoms with Crippen LogP contribution in [0.2, 0.25) is 0 Å². The average molecular weight is 247 g/mol. The van der Waals surface area contributed by atoms with E-state index in [9.17, 15) is 4.79 Å². The van der Waals surface area contributed by atoms with Crippen LogP contribution in [-0.4, -0.2) is 19.5 Å². The molecule has 3 rings (SSSR count). The van der Waals surface area contributed by atoms with Crippen LogP contribution in [0, 0.1) is 0 Å². The van der Waals surface area contributed by atoms with E-state index in [1.807, 2.05) is 22.1 Å². The number of hydrogen-bond acceptors (Lipinski definition) is 5. The number of nitrogens with two attached hydrogens (primary N) is 1. The van der Waals surface area contributed by atoms with Crippen molar-refractivity contribution in [3.63, 3.8) is 0 Å². The Labute approximate surface area is 99.8 Å². The number of imidazole rings is 1. The number of nitrogens with one attached hydrogen (secondary N) is 1. The van der Waals surface area contributed by atoms with Gasteiger partial charge < -0.3 is 10.3 Å². The molecule has 3 aromatic rings. The van der Waals surface area contributed by atoms with E-state index in [4.69, 9.17) is 5.73 Å². The number of fused-ring (bicyclic) bond motifs is 1. The standard InChI is InChI=1S/C10H9N5OS/c11-10-13-8-7(9(16)14-10)12-5-15(8)4-6-2-1-3-17-6/h1-3,5H,4H2,(H3,11,13,14,16). The molecule has 0 aliphatic carbocycles. The molecule has 3 N–H and O–H groups in total. The molecule has 0 aliphatic heterocycles. The number of anilines is 1. The summed E-state index contributed by atoms with van der Waals surface area (Å²) in [6.45, 7) is 0.643. The van der Waals surface area contributed by atoms with E-state index in [1.54, 1.807) is 17.7 Å². The van der Waals surface area contributed by atoms with Crippen LogP contribution in [-0.2, 0) is 6.54 Å². The molecule has 0 unspecified atom stereocenters. The summed E-state index contributed by atoms with van der Waals surface area (Å²) in [5.74, 6) is 0.107. The van der Waals surface area contributed by atoms with Gasteiger partial charge in [0, 0.05) is 4.88 Å². The third kappa shape index (κ3) is 1.70. The minimum Gasteiger partial charge on any atom is -0.369 e. The molecule has 7 heteroatoms. The number of nitrogen functional groups attached to an aromatic ring is 1. The fourth-order valence-electron chi connectivity index (χ4n) is 1.66. The SMILES string of the molecule is Nc1nc2c(ncn2Cc2cccs2)c(=O)[nH]1. The normalized spacial score (nSPS) is 11.1. The van der Waals surface area contributed by atoms with Gasteiger partial charge in [0.25, 0.3) is 5.56 Å². The molecular weight excluding hydrogens is 238 g/mol. The number of aromatic amines is 1. The van der Waals surface area contributed by atoms with Gasteiger partial charge in [0.2, 0.25) is 5.95 Å². The Hall–Kier alpha value is -2.15. The maximum Gasteiger partial charge on any atom is 0.280 e. The second-order valence-corrected chi connectivity index (χ2v) is 4.61. The second kappa shape index (κ2) is 3.70. The number of aromatic nitrogens is 4. The van der Waals surface area contributed by atoms with Crippen LogP contribution >= 0.6 is 11.3 Å². The predicted octanol–water partition coefficient (Wildman–Crippen LogP) is 0.812. The second-order valence-electron chi connectivity index (χ2n) is 3.58. The number of H-pyrrole nitrogens is 1. The van der Waals surface area contributed by atoms with E-state index in [-0.39, 0.29) is 11.5 Å². The van der Waals surface area contributed by atoms with E-state index < -0.39 is 0 Å². The molecule has 3 heterocycles. The lowest BCUT2D eigenvalue weighted by molar-refractivity contribution is 0.826. The topological polar surface area (TPSA) is 89.6 Å². The van der Waals surface area contributed by atoms with Crippen LogP contribution in [0.15, 0.2) is 28.6 Å². The molecule has 0 saturated heterocycles. The third-order valence-electron chi connectivity index (χ3n) is 2.40. The van der Waals surface area contributed by atoms with E-state index in [1.165, 1.54) is 4.88 Å². The maximum atomic E-state index is 11.6. The molecule has 0 aliphatic rings. The molecule has 0 atom stereocenters. The molecule has 17 heavy (non-hydrogen) atoms. The van der Waals surface area contributed by atoms with Crippen molar-refractivity contribution in [2.45, 2.75) is 6.54 Å². The van der Waals surface area contributed by atoms with E-state index in [2.05, 4.69) is 15.0 Å². The lowest BCUT2D eigenvalue weighted by atomic mass is 10.4. The molecule has 0 radical (unpaired) electrons. The molecular formula is C10H9N5OS. The Morgan fingerprint density at radius 1 is 1.53 bits per heavy atom. The number of hydrogen-bond donors (Lipinski definition) is 2. The summed E-state index contributed by atoms with van der Waals surface area (Å²) in [4.78, 5) is 23.3. The van der Waals surface area contributed by atoms with E-state index >= 15 is 0 Å². The molecule has 3 aromatic heterocycles. The van der Waals surface area contributed by atoms with Crippen LogP contribution < -0.4 is 11.3 Å². The molecule has 0 spiro atoms. The largest absolute Gasteiger partial charge is 0.369 e. The molecule has 0 fully saturated rings. The highest BCUT2D eigenvalue weighted by Crippen LogP contribution is 2.13. The van der Waals surface area contributed by atoms with Crippen molar-refractivity contribution in [3.05, 3.63) is 39.1 Å². The Morgan fingerprint density at radius 3 is 3.18 bits per heavy atom. The molecule has 0 aromatic carbocycles. The molecule has 86 valence electrons. The smallest absolute Gasteiger partial charge is 0.280 e. The van der Waals surface area contributed by atoms with E-state index in [0.717, 1.165) is 0 Å². The minimum atomic E-state index is -0.308. The van der Waals surface area contributed by atoms with Crippen molar-refractivity contribution in [2.75, 3.05) is 5.73 Å². The van der Waals surface area contributed by atoms with Gasteiger partial charge in [-0.15, -0.1) is 11.3 Å². The summed E-state index contributed by atoms with van der Waals surface area (Å²) in [5.41, 5.74) is 6.04. The van der Waals surface area contributed by atoms with Gasteiger partial charge in [-0.05, 0) is 11.4 Å². The Morgan fingerprint density at radius 2 is 2.41 bits per heavy atom. The quantitative estimate of drug-likeness (QED) is 0.701. The number of thiophene rings is 1. The zero-order chi connectivity index (χ0) is 11.8. The number of nitrogens with zero attached hydrogens (tertiary/aromatic N) is 3. The van der Waals surface area contributed by atoms with Crippen LogP contribution in [0.25, 0.3) is 11.2 Å². The van der Waals surface area contributed by atoms with Crippen molar-refractivity contribution in [2.24, 2.45) is 0 Å². The minimum absolute atomic E-state index is 0.107.